The minimum absolute atomic E-state index is 0.0121. The Morgan fingerprint density at radius 1 is 1.11 bits per heavy atom. The quantitative estimate of drug-likeness (QED) is 0.166. The number of esters is 2. The van der Waals surface area contributed by atoms with Crippen LogP contribution < -0.4 is 10.2 Å². The average molecular weight is 535 g/mol. The third-order valence-electron chi connectivity index (χ3n) is 5.28. The lowest BCUT2D eigenvalue weighted by Gasteiger charge is -2.26. The minimum Gasteiger partial charge on any atom is -0.461 e. The summed E-state index contributed by atoms with van der Waals surface area (Å²) < 4.78 is 42.3. The Hall–Kier alpha value is -3.88. The predicted molar refractivity (Wildman–Crippen MR) is 132 cm³/mol. The van der Waals surface area contributed by atoms with Crippen molar-refractivity contribution in [3.05, 3.63) is 57.6 Å². The molecular formula is C23H26N4O9S. The number of benzene rings is 2. The van der Waals surface area contributed by atoms with Crippen LogP contribution in [0.2, 0.25) is 0 Å². The summed E-state index contributed by atoms with van der Waals surface area (Å²) in [6, 6.07) is 8.27. The van der Waals surface area contributed by atoms with Crippen LogP contribution in [-0.2, 0) is 35.7 Å². The molecule has 2 aromatic carbocycles. The molecule has 0 bridgehead atoms. The molecule has 0 aliphatic carbocycles. The largest absolute Gasteiger partial charge is 0.461 e. The van der Waals surface area contributed by atoms with E-state index >= 15 is 0 Å². The Labute approximate surface area is 213 Å². The van der Waals surface area contributed by atoms with Crippen molar-refractivity contribution >= 4 is 39.0 Å². The lowest BCUT2D eigenvalue weighted by atomic mass is 10.1. The molecule has 1 aliphatic heterocycles. The highest BCUT2D eigenvalue weighted by atomic mass is 32.2. The van der Waals surface area contributed by atoms with Gasteiger partial charge in [-0.3, -0.25) is 25.1 Å². The van der Waals surface area contributed by atoms with Crippen LogP contribution in [0.25, 0.3) is 0 Å². The first kappa shape index (κ1) is 27.7. The molecule has 1 saturated heterocycles. The number of anilines is 1. The molecule has 2 aromatic rings. The van der Waals surface area contributed by atoms with Crippen LogP contribution in [0.15, 0.2) is 46.4 Å². The smallest absolute Gasteiger partial charge is 0.308 e. The molecule has 0 spiro atoms. The maximum absolute atomic E-state index is 12.9. The van der Waals surface area contributed by atoms with Crippen molar-refractivity contribution in [1.29, 1.82) is 0 Å². The molecule has 0 atom stereocenters. The van der Waals surface area contributed by atoms with Crippen LogP contribution in [0.3, 0.4) is 0 Å². The van der Waals surface area contributed by atoms with Gasteiger partial charge in [0.2, 0.25) is 10.0 Å². The van der Waals surface area contributed by atoms with E-state index in [0.29, 0.717) is 16.8 Å². The number of nitrogens with zero attached hydrogens (tertiary/aromatic N) is 3. The zero-order valence-electron chi connectivity index (χ0n) is 20.4. The maximum Gasteiger partial charge on any atom is 0.308 e. The number of morpholine rings is 1. The first-order chi connectivity index (χ1) is 17.5. The van der Waals surface area contributed by atoms with E-state index in [1.165, 1.54) is 36.4 Å². The first-order valence-electron chi connectivity index (χ1n) is 11.1. The molecule has 1 N–H and O–H groups in total. The van der Waals surface area contributed by atoms with Gasteiger partial charge in [0, 0.05) is 38.6 Å². The van der Waals surface area contributed by atoms with Gasteiger partial charge in [-0.15, -0.1) is 0 Å². The molecule has 198 valence electrons. The number of nitrogens with one attached hydrogen (secondary N) is 1. The third kappa shape index (κ3) is 7.09. The fraction of sp³-hybridized carbons (Fsp3) is 0.348. The van der Waals surface area contributed by atoms with Crippen molar-refractivity contribution in [2.24, 2.45) is 5.10 Å². The fourth-order valence-electron chi connectivity index (χ4n) is 3.41. The van der Waals surface area contributed by atoms with Gasteiger partial charge < -0.3 is 14.2 Å². The van der Waals surface area contributed by atoms with Gasteiger partial charge in [-0.2, -0.15) is 9.41 Å². The molecule has 0 saturated carbocycles. The number of sulfonamides is 1. The number of carbonyl (C=O) groups excluding carboxylic acids is 2. The normalized spacial score (nSPS) is 14.6. The van der Waals surface area contributed by atoms with Crippen LogP contribution in [-0.4, -0.2) is 61.6 Å². The fourth-order valence-corrected chi connectivity index (χ4v) is 4.84. The molecule has 37 heavy (non-hydrogen) atoms. The third-order valence-corrected chi connectivity index (χ3v) is 7.18. The monoisotopic (exact) mass is 534 g/mol. The van der Waals surface area contributed by atoms with Gasteiger partial charge in [-0.25, -0.2) is 8.42 Å². The van der Waals surface area contributed by atoms with E-state index in [4.69, 9.17) is 14.2 Å². The Kier molecular flexibility index (Phi) is 8.91. The van der Waals surface area contributed by atoms with E-state index in [0.717, 1.165) is 6.07 Å². The molecule has 0 aromatic heterocycles. The SMILES string of the molecule is CC(=O)OCc1cc(C(C)=NNc2ccc(S(=O)(=O)N3CCOCC3)cc2[N+](=O)[O-])ccc1OC(C)=O. The van der Waals surface area contributed by atoms with E-state index in [1.807, 2.05) is 0 Å². The van der Waals surface area contributed by atoms with Crippen LogP contribution in [0.5, 0.6) is 5.75 Å². The predicted octanol–water partition coefficient (Wildman–Crippen LogP) is 2.44. The second-order valence-electron chi connectivity index (χ2n) is 7.96. The second-order valence-corrected chi connectivity index (χ2v) is 9.90. The number of nitro benzene ring substituents is 1. The van der Waals surface area contributed by atoms with Crippen LogP contribution >= 0.6 is 0 Å². The van der Waals surface area contributed by atoms with Gasteiger partial charge >= 0.3 is 11.9 Å². The Morgan fingerprint density at radius 2 is 1.81 bits per heavy atom. The maximum atomic E-state index is 12.9. The van der Waals surface area contributed by atoms with E-state index in [1.54, 1.807) is 19.1 Å². The summed E-state index contributed by atoms with van der Waals surface area (Å²) in [4.78, 5) is 33.4. The summed E-state index contributed by atoms with van der Waals surface area (Å²) in [7, 11) is -3.92. The standard InChI is InChI=1S/C23H26N4O9S/c1-15(18-4-7-23(36-17(3)29)19(12-18)14-35-16(2)28)24-25-21-6-5-20(13-22(21)27(30)31)37(32,33)26-8-10-34-11-9-26/h4-7,12-13,25H,8-11,14H2,1-3H3. The van der Waals surface area contributed by atoms with Gasteiger partial charge in [0.1, 0.15) is 18.0 Å². The van der Waals surface area contributed by atoms with Crippen molar-refractivity contribution in [3.63, 3.8) is 0 Å². The van der Waals surface area contributed by atoms with Gasteiger partial charge in [-0.05, 0) is 42.8 Å². The van der Waals surface area contributed by atoms with E-state index in [-0.39, 0.29) is 49.2 Å². The van der Waals surface area contributed by atoms with Gasteiger partial charge in [0.15, 0.2) is 0 Å². The molecule has 13 nitrogen and oxygen atoms in total. The van der Waals surface area contributed by atoms with Crippen molar-refractivity contribution in [2.75, 3.05) is 31.7 Å². The molecule has 1 aliphatic rings. The Balaban J connectivity index is 1.87. The molecule has 14 heteroatoms. The molecule has 0 radical (unpaired) electrons. The highest BCUT2D eigenvalue weighted by Crippen LogP contribution is 2.30. The molecular weight excluding hydrogens is 508 g/mol. The average Bonchev–Trinajstić information content (AvgIpc) is 2.86. The topological polar surface area (TPSA) is 167 Å². The Bertz CT molecular complexity index is 1340. The highest BCUT2D eigenvalue weighted by molar-refractivity contribution is 7.89. The number of hydrogen-bond acceptors (Lipinski definition) is 11. The molecule has 1 fully saturated rings. The molecule has 0 unspecified atom stereocenters. The number of hydrogen-bond donors (Lipinski definition) is 1. The second kappa shape index (κ2) is 11.9. The zero-order chi connectivity index (χ0) is 27.2. The minimum atomic E-state index is -3.92. The first-order valence-corrected chi connectivity index (χ1v) is 12.5. The van der Waals surface area contributed by atoms with E-state index in [2.05, 4.69) is 10.5 Å². The number of ether oxygens (including phenoxy) is 3. The summed E-state index contributed by atoms with van der Waals surface area (Å²) in [6.45, 7) is 4.80. The van der Waals surface area contributed by atoms with Gasteiger partial charge in [-0.1, -0.05) is 0 Å². The number of hydrazone groups is 1. The van der Waals surface area contributed by atoms with Crippen molar-refractivity contribution in [1.82, 2.24) is 4.31 Å². The molecule has 0 amide bonds. The number of carbonyl (C=O) groups is 2. The van der Waals surface area contributed by atoms with Gasteiger partial charge in [0.25, 0.3) is 5.69 Å². The van der Waals surface area contributed by atoms with E-state index < -0.39 is 32.6 Å². The summed E-state index contributed by atoms with van der Waals surface area (Å²) in [5.41, 5.74) is 3.51. The van der Waals surface area contributed by atoms with Crippen LogP contribution in [0.4, 0.5) is 11.4 Å². The summed E-state index contributed by atoms with van der Waals surface area (Å²) in [5.74, 6) is -0.848. The summed E-state index contributed by atoms with van der Waals surface area (Å²) in [5, 5.41) is 15.9. The van der Waals surface area contributed by atoms with Crippen LogP contribution in [0.1, 0.15) is 31.9 Å². The lowest BCUT2D eigenvalue weighted by Crippen LogP contribution is -2.40. The van der Waals surface area contributed by atoms with E-state index in [9.17, 15) is 28.1 Å². The van der Waals surface area contributed by atoms with Crippen LogP contribution in [0, 0.1) is 10.1 Å². The Morgan fingerprint density at radius 3 is 2.43 bits per heavy atom. The number of nitro groups is 1. The van der Waals surface area contributed by atoms with Crippen molar-refractivity contribution < 1.29 is 37.1 Å². The molecule has 3 rings (SSSR count). The van der Waals surface area contributed by atoms with Crippen molar-refractivity contribution in [2.45, 2.75) is 32.3 Å². The van der Waals surface area contributed by atoms with Crippen molar-refractivity contribution in [3.8, 4) is 5.75 Å². The summed E-state index contributed by atoms with van der Waals surface area (Å²) >= 11 is 0. The summed E-state index contributed by atoms with van der Waals surface area (Å²) in [6.07, 6.45) is 0. The molecule has 1 heterocycles. The zero-order valence-corrected chi connectivity index (χ0v) is 21.2. The van der Waals surface area contributed by atoms with Gasteiger partial charge in [0.05, 0.1) is 28.7 Å². The lowest BCUT2D eigenvalue weighted by molar-refractivity contribution is -0.384. The highest BCUT2D eigenvalue weighted by Gasteiger charge is 2.29. The number of rotatable bonds is 9.